The Morgan fingerprint density at radius 1 is 1.27 bits per heavy atom. The van der Waals surface area contributed by atoms with E-state index >= 15 is 0 Å². The van der Waals surface area contributed by atoms with Gasteiger partial charge in [0.05, 0.1) is 5.41 Å². The van der Waals surface area contributed by atoms with E-state index in [2.05, 4.69) is 21.9 Å². The molecule has 1 aromatic rings. The van der Waals surface area contributed by atoms with E-state index in [1.54, 1.807) is 0 Å². The maximum absolute atomic E-state index is 5.57. The van der Waals surface area contributed by atoms with Gasteiger partial charge in [-0.15, -0.1) is 6.42 Å². The fourth-order valence-electron chi connectivity index (χ4n) is 1.90. The van der Waals surface area contributed by atoms with Crippen molar-refractivity contribution in [3.05, 3.63) is 22.2 Å². The molecule has 0 atom stereocenters. The average molecular weight is 265 g/mol. The van der Waals surface area contributed by atoms with E-state index < -0.39 is 0 Å². The SMILES string of the molecule is C#CC1(c2cc3c(cc2Br)OCO3)CC1. The first kappa shape index (κ1) is 9.11. The third-order valence-corrected chi connectivity index (χ3v) is 3.66. The fraction of sp³-hybridized carbons (Fsp3) is 0.333. The van der Waals surface area contributed by atoms with E-state index in [0.29, 0.717) is 6.79 Å². The number of benzene rings is 1. The minimum Gasteiger partial charge on any atom is -0.454 e. The predicted octanol–water partition coefficient (Wildman–Crippen LogP) is 2.84. The Morgan fingerprint density at radius 2 is 1.93 bits per heavy atom. The second-order valence-electron chi connectivity index (χ2n) is 3.91. The Hall–Kier alpha value is -1.14. The van der Waals surface area contributed by atoms with Crippen LogP contribution in [-0.4, -0.2) is 6.79 Å². The van der Waals surface area contributed by atoms with E-state index in [-0.39, 0.29) is 5.41 Å². The van der Waals surface area contributed by atoms with Gasteiger partial charge in [0.25, 0.3) is 0 Å². The molecule has 2 nitrogen and oxygen atoms in total. The summed E-state index contributed by atoms with van der Waals surface area (Å²) >= 11 is 3.54. The number of halogens is 1. The molecule has 1 fully saturated rings. The van der Waals surface area contributed by atoms with Crippen LogP contribution in [0, 0.1) is 12.3 Å². The zero-order valence-electron chi connectivity index (χ0n) is 8.05. The largest absolute Gasteiger partial charge is 0.454 e. The van der Waals surface area contributed by atoms with Crippen molar-refractivity contribution in [2.75, 3.05) is 6.79 Å². The van der Waals surface area contributed by atoms with Gasteiger partial charge in [-0.1, -0.05) is 21.9 Å². The quantitative estimate of drug-likeness (QED) is 0.727. The summed E-state index contributed by atoms with van der Waals surface area (Å²) in [7, 11) is 0. The summed E-state index contributed by atoms with van der Waals surface area (Å²) < 4.78 is 11.7. The molecule has 1 aromatic carbocycles. The van der Waals surface area contributed by atoms with Gasteiger partial charge in [-0.05, 0) is 30.5 Å². The lowest BCUT2D eigenvalue weighted by Crippen LogP contribution is -2.03. The minimum absolute atomic E-state index is 0.0696. The van der Waals surface area contributed by atoms with Gasteiger partial charge in [0.1, 0.15) is 0 Å². The first-order valence-corrected chi connectivity index (χ1v) is 5.62. The van der Waals surface area contributed by atoms with Crippen LogP contribution < -0.4 is 9.47 Å². The van der Waals surface area contributed by atoms with Crippen molar-refractivity contribution < 1.29 is 9.47 Å². The average Bonchev–Trinajstić information content (AvgIpc) is 2.91. The highest BCUT2D eigenvalue weighted by atomic mass is 79.9. The van der Waals surface area contributed by atoms with Gasteiger partial charge in [0.2, 0.25) is 6.79 Å². The topological polar surface area (TPSA) is 18.5 Å². The number of hydrogen-bond donors (Lipinski definition) is 0. The van der Waals surface area contributed by atoms with Crippen molar-refractivity contribution in [1.82, 2.24) is 0 Å². The molecule has 1 aliphatic heterocycles. The molecule has 0 saturated heterocycles. The van der Waals surface area contributed by atoms with Crippen molar-refractivity contribution >= 4 is 15.9 Å². The summed E-state index contributed by atoms with van der Waals surface area (Å²) in [5, 5.41) is 0. The molecule has 2 aliphatic rings. The Labute approximate surface area is 96.7 Å². The Morgan fingerprint density at radius 3 is 2.53 bits per heavy atom. The van der Waals surface area contributed by atoms with Crippen LogP contribution in [0.3, 0.4) is 0 Å². The summed E-state index contributed by atoms with van der Waals surface area (Å²) in [6.07, 6.45) is 7.69. The second-order valence-corrected chi connectivity index (χ2v) is 4.77. The highest BCUT2D eigenvalue weighted by molar-refractivity contribution is 9.10. The lowest BCUT2D eigenvalue weighted by Gasteiger charge is -2.11. The molecule has 3 rings (SSSR count). The third kappa shape index (κ3) is 1.25. The molecular weight excluding hydrogens is 256 g/mol. The lowest BCUT2D eigenvalue weighted by atomic mass is 9.97. The maximum Gasteiger partial charge on any atom is 0.231 e. The molecule has 3 heteroatoms. The van der Waals surface area contributed by atoms with E-state index in [9.17, 15) is 0 Å². The molecule has 0 unspecified atom stereocenters. The number of fused-ring (bicyclic) bond motifs is 1. The number of ether oxygens (including phenoxy) is 2. The van der Waals surface area contributed by atoms with Crippen molar-refractivity contribution in [3.63, 3.8) is 0 Å². The van der Waals surface area contributed by atoms with Crippen LogP contribution >= 0.6 is 15.9 Å². The predicted molar refractivity (Wildman–Crippen MR) is 60.0 cm³/mol. The molecule has 0 bridgehead atoms. The molecule has 1 heterocycles. The second kappa shape index (κ2) is 2.93. The number of terminal acetylenes is 1. The Balaban J connectivity index is 2.14. The van der Waals surface area contributed by atoms with Gasteiger partial charge in [0.15, 0.2) is 11.5 Å². The molecule has 15 heavy (non-hydrogen) atoms. The molecule has 1 saturated carbocycles. The zero-order chi connectivity index (χ0) is 10.5. The highest BCUT2D eigenvalue weighted by Gasteiger charge is 2.44. The summed E-state index contributed by atoms with van der Waals surface area (Å²) in [5.41, 5.74) is 1.08. The third-order valence-electron chi connectivity index (χ3n) is 3.00. The molecule has 76 valence electrons. The standard InChI is InChI=1S/C12H9BrO2/c1-2-12(3-4-12)8-5-10-11(6-9(8)13)15-7-14-10/h1,5-6H,3-4,7H2. The van der Waals surface area contributed by atoms with Crippen LogP contribution in [0.1, 0.15) is 18.4 Å². The minimum atomic E-state index is -0.0696. The smallest absolute Gasteiger partial charge is 0.231 e. The van der Waals surface area contributed by atoms with E-state index in [1.807, 2.05) is 12.1 Å². The van der Waals surface area contributed by atoms with Crippen molar-refractivity contribution in [2.45, 2.75) is 18.3 Å². The first-order valence-electron chi connectivity index (χ1n) is 4.83. The van der Waals surface area contributed by atoms with Gasteiger partial charge < -0.3 is 9.47 Å². The Kier molecular flexibility index (Phi) is 1.78. The molecule has 0 spiro atoms. The molecule has 0 radical (unpaired) electrons. The number of rotatable bonds is 1. The molecule has 0 amide bonds. The van der Waals surface area contributed by atoms with Gasteiger partial charge in [-0.2, -0.15) is 0 Å². The van der Waals surface area contributed by atoms with E-state index in [4.69, 9.17) is 15.9 Å². The summed E-state index contributed by atoms with van der Waals surface area (Å²) in [5.74, 6) is 4.47. The van der Waals surface area contributed by atoms with Crippen LogP contribution in [-0.2, 0) is 5.41 Å². The molecule has 0 aromatic heterocycles. The van der Waals surface area contributed by atoms with Crippen LogP contribution in [0.15, 0.2) is 16.6 Å². The van der Waals surface area contributed by atoms with Crippen LogP contribution in [0.4, 0.5) is 0 Å². The van der Waals surface area contributed by atoms with Gasteiger partial charge in [-0.3, -0.25) is 0 Å². The molecular formula is C12H9BrO2. The van der Waals surface area contributed by atoms with Gasteiger partial charge in [-0.25, -0.2) is 0 Å². The Bertz CT molecular complexity index is 469. The van der Waals surface area contributed by atoms with Crippen LogP contribution in [0.5, 0.6) is 11.5 Å². The summed E-state index contributed by atoms with van der Waals surface area (Å²) in [6, 6.07) is 3.94. The van der Waals surface area contributed by atoms with Crippen molar-refractivity contribution in [3.8, 4) is 23.8 Å². The van der Waals surface area contributed by atoms with Crippen molar-refractivity contribution in [2.24, 2.45) is 0 Å². The zero-order valence-corrected chi connectivity index (χ0v) is 9.63. The van der Waals surface area contributed by atoms with Crippen molar-refractivity contribution in [1.29, 1.82) is 0 Å². The van der Waals surface area contributed by atoms with Gasteiger partial charge >= 0.3 is 0 Å². The molecule has 1 aliphatic carbocycles. The highest BCUT2D eigenvalue weighted by Crippen LogP contribution is 2.52. The monoisotopic (exact) mass is 264 g/mol. The van der Waals surface area contributed by atoms with Crippen LogP contribution in [0.2, 0.25) is 0 Å². The fourth-order valence-corrected chi connectivity index (χ4v) is 2.60. The lowest BCUT2D eigenvalue weighted by molar-refractivity contribution is 0.174. The summed E-state index contributed by atoms with van der Waals surface area (Å²) in [4.78, 5) is 0. The first-order chi connectivity index (χ1) is 7.25. The van der Waals surface area contributed by atoms with E-state index in [1.165, 1.54) is 0 Å². The molecule has 0 N–H and O–H groups in total. The maximum atomic E-state index is 5.57. The van der Waals surface area contributed by atoms with Crippen LogP contribution in [0.25, 0.3) is 0 Å². The normalized spacial score (nSPS) is 19.7. The number of hydrogen-bond acceptors (Lipinski definition) is 2. The van der Waals surface area contributed by atoms with E-state index in [0.717, 1.165) is 34.4 Å². The summed E-state index contributed by atoms with van der Waals surface area (Å²) in [6.45, 7) is 0.300. The van der Waals surface area contributed by atoms with Gasteiger partial charge in [0, 0.05) is 4.47 Å².